The van der Waals surface area contributed by atoms with Gasteiger partial charge in [-0.05, 0) is 12.1 Å². The summed E-state index contributed by atoms with van der Waals surface area (Å²) in [6.07, 6.45) is 9.15. The average molecular weight is 273 g/mol. The Hall–Kier alpha value is -3.00. The lowest BCUT2D eigenvalue weighted by atomic mass is 10.3. The molecule has 0 amide bonds. The van der Waals surface area contributed by atoms with Gasteiger partial charge >= 0.3 is 5.97 Å². The zero-order valence-electron chi connectivity index (χ0n) is 10.2. The van der Waals surface area contributed by atoms with Crippen molar-refractivity contribution in [1.82, 2.24) is 24.9 Å². The molecular weight excluding hydrogens is 262 g/mol. The highest BCUT2D eigenvalue weighted by molar-refractivity contribution is 5.86. The number of nitrogens with zero attached hydrogens (tertiary/aromatic N) is 5. The number of aromatic nitrogens is 5. The van der Waals surface area contributed by atoms with Crippen LogP contribution >= 0.6 is 0 Å². The van der Waals surface area contributed by atoms with Crippen LogP contribution in [0.5, 0.6) is 0 Å². The molecule has 0 fully saturated rings. The summed E-state index contributed by atoms with van der Waals surface area (Å²) in [6, 6.07) is 3.08. The highest BCUT2D eigenvalue weighted by atomic mass is 16.4. The minimum absolute atomic E-state index is 0. The van der Waals surface area contributed by atoms with Gasteiger partial charge in [0.15, 0.2) is 5.65 Å². The summed E-state index contributed by atoms with van der Waals surface area (Å²) in [5.41, 5.74) is 1.58. The molecule has 0 bridgehead atoms. The number of rotatable bonds is 1. The maximum absolute atomic E-state index is 10.2. The van der Waals surface area contributed by atoms with E-state index >= 15 is 0 Å². The number of carbonyl (C=O) groups is 1. The van der Waals surface area contributed by atoms with Gasteiger partial charge in [-0.3, -0.25) is 4.98 Å². The third-order valence-electron chi connectivity index (χ3n) is 2.06. The van der Waals surface area contributed by atoms with Gasteiger partial charge in [-0.2, -0.15) is 0 Å². The van der Waals surface area contributed by atoms with Crippen molar-refractivity contribution in [2.24, 2.45) is 0 Å². The van der Waals surface area contributed by atoms with Crippen LogP contribution in [0, 0.1) is 0 Å². The molecule has 0 unspecified atom stereocenters. The average Bonchev–Trinajstić information content (AvgIpc) is 2.49. The maximum atomic E-state index is 10.2. The fourth-order valence-corrected chi connectivity index (χ4v) is 1.21. The molecule has 3 rings (SSSR count). The van der Waals surface area contributed by atoms with Gasteiger partial charge in [0.05, 0.1) is 11.8 Å². The SMILES string of the molecule is O.O=C(O)c1cccnc1.c1cnc2ncncc2n1. The molecule has 0 atom stereocenters. The number of hydrogen-bond acceptors (Lipinski definition) is 6. The van der Waals surface area contributed by atoms with Gasteiger partial charge in [0.25, 0.3) is 0 Å². The second kappa shape index (κ2) is 7.44. The first kappa shape index (κ1) is 15.1. The molecule has 0 spiro atoms. The van der Waals surface area contributed by atoms with E-state index in [0.29, 0.717) is 5.65 Å². The van der Waals surface area contributed by atoms with Gasteiger partial charge in [0, 0.05) is 24.8 Å². The Morgan fingerprint density at radius 2 is 1.80 bits per heavy atom. The van der Waals surface area contributed by atoms with Crippen LogP contribution in [0.4, 0.5) is 0 Å². The molecule has 3 heterocycles. The summed E-state index contributed by atoms with van der Waals surface area (Å²) in [6.45, 7) is 0. The van der Waals surface area contributed by atoms with E-state index in [-0.39, 0.29) is 11.0 Å². The predicted molar refractivity (Wildman–Crippen MR) is 69.9 cm³/mol. The van der Waals surface area contributed by atoms with Gasteiger partial charge in [-0.15, -0.1) is 0 Å². The van der Waals surface area contributed by atoms with Crippen molar-refractivity contribution in [3.05, 3.63) is 55.0 Å². The highest BCUT2D eigenvalue weighted by Gasteiger charge is 1.97. The van der Waals surface area contributed by atoms with Crippen molar-refractivity contribution in [2.45, 2.75) is 0 Å². The molecular formula is C12H11N5O3. The summed E-state index contributed by atoms with van der Waals surface area (Å²) < 4.78 is 0. The number of carboxylic acid groups (broad SMARTS) is 1. The fourth-order valence-electron chi connectivity index (χ4n) is 1.21. The van der Waals surface area contributed by atoms with Gasteiger partial charge < -0.3 is 10.6 Å². The molecule has 8 nitrogen and oxygen atoms in total. The van der Waals surface area contributed by atoms with Crippen molar-refractivity contribution in [2.75, 3.05) is 0 Å². The van der Waals surface area contributed by atoms with E-state index in [0.717, 1.165) is 5.52 Å². The zero-order valence-corrected chi connectivity index (χ0v) is 10.2. The van der Waals surface area contributed by atoms with E-state index in [1.807, 2.05) is 0 Å². The first-order valence-electron chi connectivity index (χ1n) is 5.27. The molecule has 0 aromatic carbocycles. The van der Waals surface area contributed by atoms with Gasteiger partial charge in [0.2, 0.25) is 0 Å². The third kappa shape index (κ3) is 4.03. The van der Waals surface area contributed by atoms with Crippen molar-refractivity contribution in [3.8, 4) is 0 Å². The van der Waals surface area contributed by atoms with Crippen LogP contribution in [0.2, 0.25) is 0 Å². The van der Waals surface area contributed by atoms with Crippen LogP contribution in [0.3, 0.4) is 0 Å². The van der Waals surface area contributed by atoms with Crippen LogP contribution < -0.4 is 0 Å². The van der Waals surface area contributed by atoms with Crippen LogP contribution in [0.15, 0.2) is 49.4 Å². The van der Waals surface area contributed by atoms with E-state index in [2.05, 4.69) is 24.9 Å². The van der Waals surface area contributed by atoms with E-state index < -0.39 is 5.97 Å². The quantitative estimate of drug-likeness (QED) is 0.677. The molecule has 0 saturated carbocycles. The molecule has 0 saturated heterocycles. The largest absolute Gasteiger partial charge is 0.478 e. The van der Waals surface area contributed by atoms with E-state index in [9.17, 15) is 4.79 Å². The number of carboxylic acids is 1. The lowest BCUT2D eigenvalue weighted by molar-refractivity contribution is 0.0696. The first-order valence-corrected chi connectivity index (χ1v) is 5.27. The van der Waals surface area contributed by atoms with Crippen LogP contribution in [-0.2, 0) is 0 Å². The summed E-state index contributed by atoms with van der Waals surface area (Å²) in [4.78, 5) is 29.4. The molecule has 8 heteroatoms. The number of pyridine rings is 1. The molecule has 20 heavy (non-hydrogen) atoms. The Morgan fingerprint density at radius 1 is 1.00 bits per heavy atom. The van der Waals surface area contributed by atoms with Crippen molar-refractivity contribution >= 4 is 17.1 Å². The summed E-state index contributed by atoms with van der Waals surface area (Å²) in [5.74, 6) is -0.942. The summed E-state index contributed by atoms with van der Waals surface area (Å²) in [7, 11) is 0. The molecule has 3 aromatic rings. The second-order valence-corrected chi connectivity index (χ2v) is 3.33. The van der Waals surface area contributed by atoms with Crippen LogP contribution in [0.25, 0.3) is 11.2 Å². The van der Waals surface area contributed by atoms with Crippen LogP contribution in [0.1, 0.15) is 10.4 Å². The molecule has 3 N–H and O–H groups in total. The molecule has 0 aliphatic carbocycles. The van der Waals surface area contributed by atoms with Gasteiger partial charge in [-0.1, -0.05) is 0 Å². The van der Waals surface area contributed by atoms with Gasteiger partial charge in [-0.25, -0.2) is 24.7 Å². The predicted octanol–water partition coefficient (Wildman–Crippen LogP) is 0.375. The van der Waals surface area contributed by atoms with E-state index in [1.165, 1.54) is 24.8 Å². The Kier molecular flexibility index (Phi) is 5.60. The van der Waals surface area contributed by atoms with Crippen LogP contribution in [-0.4, -0.2) is 41.5 Å². The smallest absolute Gasteiger partial charge is 0.337 e. The Labute approximate surface area is 113 Å². The highest BCUT2D eigenvalue weighted by Crippen LogP contribution is 1.98. The topological polar surface area (TPSA) is 133 Å². The molecule has 3 aromatic heterocycles. The Morgan fingerprint density at radius 3 is 2.40 bits per heavy atom. The van der Waals surface area contributed by atoms with Crippen molar-refractivity contribution in [3.63, 3.8) is 0 Å². The van der Waals surface area contributed by atoms with E-state index in [1.54, 1.807) is 24.7 Å². The standard InChI is InChI=1S/C6H4N4.C6H5NO2.H2O/c1-2-9-6-5(8-1)3-7-4-10-6;8-6(9)5-2-1-3-7-4-5;/h1-4H;1-4H,(H,8,9);1H2. The molecule has 0 aliphatic rings. The van der Waals surface area contributed by atoms with Crippen molar-refractivity contribution in [1.29, 1.82) is 0 Å². The minimum atomic E-state index is -0.942. The Balaban J connectivity index is 0.000000192. The number of fused-ring (bicyclic) bond motifs is 1. The van der Waals surface area contributed by atoms with E-state index in [4.69, 9.17) is 5.11 Å². The van der Waals surface area contributed by atoms with Gasteiger partial charge in [0.1, 0.15) is 11.8 Å². The zero-order chi connectivity index (χ0) is 13.5. The Bertz CT molecular complexity index is 613. The second-order valence-electron chi connectivity index (χ2n) is 3.33. The normalized spacial score (nSPS) is 9.00. The number of aromatic carboxylic acids is 1. The lowest BCUT2D eigenvalue weighted by Gasteiger charge is -1.89. The summed E-state index contributed by atoms with van der Waals surface area (Å²) in [5, 5.41) is 8.34. The molecule has 0 aliphatic heterocycles. The van der Waals surface area contributed by atoms with Crippen molar-refractivity contribution < 1.29 is 15.4 Å². The minimum Gasteiger partial charge on any atom is -0.478 e. The number of hydrogen-bond donors (Lipinski definition) is 1. The third-order valence-corrected chi connectivity index (χ3v) is 2.06. The first-order chi connectivity index (χ1) is 9.27. The lowest BCUT2D eigenvalue weighted by Crippen LogP contribution is -1.94. The molecule has 102 valence electrons. The summed E-state index contributed by atoms with van der Waals surface area (Å²) >= 11 is 0. The monoisotopic (exact) mass is 273 g/mol. The molecule has 0 radical (unpaired) electrons. The maximum Gasteiger partial charge on any atom is 0.337 e. The fraction of sp³-hybridized carbons (Fsp3) is 0.